The van der Waals surface area contributed by atoms with Gasteiger partial charge in [0.2, 0.25) is 0 Å². The number of carbonyl (C=O) groups is 1. The normalized spacial score (nSPS) is 17.5. The fourth-order valence-electron chi connectivity index (χ4n) is 1.83. The molecule has 0 heterocycles. The van der Waals surface area contributed by atoms with E-state index in [1.807, 2.05) is 0 Å². The Kier molecular flexibility index (Phi) is 2.54. The van der Waals surface area contributed by atoms with Crippen LogP contribution in [-0.4, -0.2) is 11.1 Å². The zero-order valence-corrected chi connectivity index (χ0v) is 9.55. The molecule has 1 saturated carbocycles. The van der Waals surface area contributed by atoms with E-state index in [0.29, 0.717) is 4.47 Å². The first kappa shape index (κ1) is 10.6. The minimum atomic E-state index is -0.798. The third-order valence-corrected chi connectivity index (χ3v) is 3.48. The number of carboxylic acids is 1. The quantitative estimate of drug-likeness (QED) is 0.918. The van der Waals surface area contributed by atoms with Crippen LogP contribution in [0.5, 0.6) is 0 Å². The van der Waals surface area contributed by atoms with Crippen LogP contribution in [0, 0.1) is 5.82 Å². The van der Waals surface area contributed by atoms with Gasteiger partial charge in [0.15, 0.2) is 0 Å². The summed E-state index contributed by atoms with van der Waals surface area (Å²) in [5.74, 6) is -1.11. The highest BCUT2D eigenvalue weighted by Gasteiger charge is 2.46. The van der Waals surface area contributed by atoms with Gasteiger partial charge in [-0.2, -0.15) is 0 Å². The summed E-state index contributed by atoms with van der Waals surface area (Å²) in [5, 5.41) is 8.79. The molecule has 0 bridgehead atoms. The Hall–Kier alpha value is -0.900. The maximum Gasteiger partial charge on any atom is 0.304 e. The summed E-state index contributed by atoms with van der Waals surface area (Å²) in [6.45, 7) is 0. The van der Waals surface area contributed by atoms with Crippen LogP contribution in [-0.2, 0) is 10.2 Å². The SMILES string of the molecule is O=C(O)CC1(c2ccc(F)c(Br)c2)CC1. The average Bonchev–Trinajstić information content (AvgIpc) is 2.89. The van der Waals surface area contributed by atoms with Crippen LogP contribution in [0.1, 0.15) is 24.8 Å². The molecule has 0 spiro atoms. The third-order valence-electron chi connectivity index (χ3n) is 2.88. The minimum Gasteiger partial charge on any atom is -0.481 e. The number of halogens is 2. The topological polar surface area (TPSA) is 37.3 Å². The van der Waals surface area contributed by atoms with E-state index in [-0.39, 0.29) is 17.7 Å². The van der Waals surface area contributed by atoms with E-state index in [1.165, 1.54) is 6.07 Å². The largest absolute Gasteiger partial charge is 0.481 e. The second kappa shape index (κ2) is 3.59. The molecular formula is C11H10BrFO2. The lowest BCUT2D eigenvalue weighted by atomic mass is 9.92. The molecule has 1 fully saturated rings. The Morgan fingerprint density at radius 3 is 2.67 bits per heavy atom. The Labute approximate surface area is 95.2 Å². The highest BCUT2D eigenvalue weighted by atomic mass is 79.9. The van der Waals surface area contributed by atoms with Gasteiger partial charge in [0, 0.05) is 5.41 Å². The van der Waals surface area contributed by atoms with Crippen LogP contribution in [0.4, 0.5) is 4.39 Å². The van der Waals surface area contributed by atoms with Gasteiger partial charge in [-0.05, 0) is 46.5 Å². The van der Waals surface area contributed by atoms with Gasteiger partial charge >= 0.3 is 5.97 Å². The van der Waals surface area contributed by atoms with Crippen LogP contribution < -0.4 is 0 Å². The van der Waals surface area contributed by atoms with Crippen LogP contribution in [0.3, 0.4) is 0 Å². The maximum absolute atomic E-state index is 13.0. The summed E-state index contributed by atoms with van der Waals surface area (Å²) in [4.78, 5) is 10.7. The number of carboxylic acid groups (broad SMARTS) is 1. The first-order valence-electron chi connectivity index (χ1n) is 4.71. The Morgan fingerprint density at radius 2 is 2.20 bits per heavy atom. The van der Waals surface area contributed by atoms with E-state index in [1.54, 1.807) is 12.1 Å². The Bertz CT molecular complexity index is 413. The number of hydrogen-bond acceptors (Lipinski definition) is 1. The molecule has 0 atom stereocenters. The zero-order valence-electron chi connectivity index (χ0n) is 7.96. The van der Waals surface area contributed by atoms with Crippen LogP contribution in [0.25, 0.3) is 0 Å². The molecule has 2 nitrogen and oxygen atoms in total. The molecular weight excluding hydrogens is 263 g/mol. The van der Waals surface area contributed by atoms with Gasteiger partial charge in [-0.15, -0.1) is 0 Å². The molecule has 0 unspecified atom stereocenters. The summed E-state index contributed by atoms with van der Waals surface area (Å²) < 4.78 is 13.4. The summed E-state index contributed by atoms with van der Waals surface area (Å²) in [7, 11) is 0. The minimum absolute atomic E-state index is 0.130. The van der Waals surface area contributed by atoms with Gasteiger partial charge in [-0.25, -0.2) is 4.39 Å². The van der Waals surface area contributed by atoms with E-state index in [9.17, 15) is 9.18 Å². The van der Waals surface area contributed by atoms with Gasteiger partial charge in [0.05, 0.1) is 10.9 Å². The molecule has 1 aliphatic carbocycles. The van der Waals surface area contributed by atoms with E-state index < -0.39 is 5.97 Å². The maximum atomic E-state index is 13.0. The van der Waals surface area contributed by atoms with Crippen molar-refractivity contribution >= 4 is 21.9 Å². The summed E-state index contributed by atoms with van der Waals surface area (Å²) in [5.41, 5.74) is 0.667. The Morgan fingerprint density at radius 1 is 1.53 bits per heavy atom. The predicted molar refractivity (Wildman–Crippen MR) is 57.3 cm³/mol. The predicted octanol–water partition coefficient (Wildman–Crippen LogP) is 3.09. The number of hydrogen-bond donors (Lipinski definition) is 1. The van der Waals surface area contributed by atoms with Gasteiger partial charge in [-0.3, -0.25) is 4.79 Å². The monoisotopic (exact) mass is 272 g/mol. The van der Waals surface area contributed by atoms with Crippen molar-refractivity contribution in [2.45, 2.75) is 24.7 Å². The molecule has 1 aromatic carbocycles. The highest BCUT2D eigenvalue weighted by molar-refractivity contribution is 9.10. The summed E-state index contributed by atoms with van der Waals surface area (Å²) in [6, 6.07) is 4.74. The van der Waals surface area contributed by atoms with Crippen molar-refractivity contribution in [2.24, 2.45) is 0 Å². The molecule has 0 radical (unpaired) electrons. The summed E-state index contributed by atoms with van der Waals surface area (Å²) >= 11 is 3.11. The zero-order chi connectivity index (χ0) is 11.1. The smallest absolute Gasteiger partial charge is 0.304 e. The molecule has 0 saturated heterocycles. The fraction of sp³-hybridized carbons (Fsp3) is 0.364. The number of rotatable bonds is 3. The molecule has 1 N–H and O–H groups in total. The highest BCUT2D eigenvalue weighted by Crippen LogP contribution is 2.51. The van der Waals surface area contributed by atoms with Gasteiger partial charge in [0.25, 0.3) is 0 Å². The summed E-state index contributed by atoms with van der Waals surface area (Å²) in [6.07, 6.45) is 1.87. The fourth-order valence-corrected chi connectivity index (χ4v) is 2.21. The van der Waals surface area contributed by atoms with Crippen molar-refractivity contribution in [3.05, 3.63) is 34.1 Å². The number of benzene rings is 1. The van der Waals surface area contributed by atoms with Crippen LogP contribution in [0.2, 0.25) is 0 Å². The van der Waals surface area contributed by atoms with Crippen molar-refractivity contribution in [3.63, 3.8) is 0 Å². The first-order chi connectivity index (χ1) is 7.03. The lowest BCUT2D eigenvalue weighted by Crippen LogP contribution is -2.12. The average molecular weight is 273 g/mol. The van der Waals surface area contributed by atoms with E-state index in [4.69, 9.17) is 5.11 Å². The van der Waals surface area contributed by atoms with Crippen LogP contribution >= 0.6 is 15.9 Å². The lowest BCUT2D eigenvalue weighted by molar-refractivity contribution is -0.137. The molecule has 15 heavy (non-hydrogen) atoms. The van der Waals surface area contributed by atoms with E-state index in [0.717, 1.165) is 18.4 Å². The van der Waals surface area contributed by atoms with Crippen molar-refractivity contribution in [1.82, 2.24) is 0 Å². The van der Waals surface area contributed by atoms with E-state index >= 15 is 0 Å². The van der Waals surface area contributed by atoms with Crippen molar-refractivity contribution < 1.29 is 14.3 Å². The van der Waals surface area contributed by atoms with Gasteiger partial charge < -0.3 is 5.11 Å². The molecule has 1 aliphatic rings. The van der Waals surface area contributed by atoms with Crippen molar-refractivity contribution in [1.29, 1.82) is 0 Å². The van der Waals surface area contributed by atoms with Gasteiger partial charge in [-0.1, -0.05) is 6.07 Å². The molecule has 0 aromatic heterocycles. The second-order valence-electron chi connectivity index (χ2n) is 3.98. The molecule has 1 aromatic rings. The number of aliphatic carboxylic acids is 1. The molecule has 80 valence electrons. The first-order valence-corrected chi connectivity index (χ1v) is 5.50. The molecule has 2 rings (SSSR count). The van der Waals surface area contributed by atoms with Crippen molar-refractivity contribution in [2.75, 3.05) is 0 Å². The van der Waals surface area contributed by atoms with E-state index in [2.05, 4.69) is 15.9 Å². The lowest BCUT2D eigenvalue weighted by Gasteiger charge is -2.13. The molecule has 0 amide bonds. The second-order valence-corrected chi connectivity index (χ2v) is 4.83. The van der Waals surface area contributed by atoms with Gasteiger partial charge in [0.1, 0.15) is 5.82 Å². The molecule has 0 aliphatic heterocycles. The molecule has 4 heteroatoms. The standard InChI is InChI=1S/C11H10BrFO2/c12-8-5-7(1-2-9(8)13)11(3-4-11)6-10(14)15/h1-2,5H,3-4,6H2,(H,14,15). The van der Waals surface area contributed by atoms with Crippen molar-refractivity contribution in [3.8, 4) is 0 Å². The third kappa shape index (κ3) is 2.04. The van der Waals surface area contributed by atoms with Crippen LogP contribution in [0.15, 0.2) is 22.7 Å². The Balaban J connectivity index is 2.29.